The van der Waals surface area contributed by atoms with Crippen LogP contribution in [0.15, 0.2) is 30.9 Å². The summed E-state index contributed by atoms with van der Waals surface area (Å²) < 4.78 is 7.19. The molecule has 0 spiro atoms. The summed E-state index contributed by atoms with van der Waals surface area (Å²) in [6, 6.07) is 5.13. The molecule has 22 heavy (non-hydrogen) atoms. The number of rotatable bonds is 7. The maximum absolute atomic E-state index is 11.9. The topological polar surface area (TPSA) is 69.0 Å². The molecule has 0 aliphatic heterocycles. The van der Waals surface area contributed by atoms with Crippen LogP contribution in [0.1, 0.15) is 24.9 Å². The molecule has 0 saturated carbocycles. The fraction of sp³-hybridized carbons (Fsp3) is 0.400. The molecule has 1 heterocycles. The molecule has 1 N–H and O–H groups in total. The lowest BCUT2D eigenvalue weighted by Gasteiger charge is -2.13. The second kappa shape index (κ2) is 7.79. The number of nitrogens with zero attached hydrogens (tertiary/aromatic N) is 3. The first-order chi connectivity index (χ1) is 10.6. The molecule has 0 saturated heterocycles. The molecule has 0 bridgehead atoms. The second-order valence-corrected chi connectivity index (χ2v) is 5.39. The van der Waals surface area contributed by atoms with Gasteiger partial charge in [-0.25, -0.2) is 9.67 Å². The van der Waals surface area contributed by atoms with Crippen LogP contribution in [-0.2, 0) is 4.79 Å². The van der Waals surface area contributed by atoms with Crippen LogP contribution in [-0.4, -0.2) is 33.8 Å². The van der Waals surface area contributed by atoms with E-state index in [2.05, 4.69) is 15.4 Å². The van der Waals surface area contributed by atoms with Crippen molar-refractivity contribution in [2.24, 2.45) is 0 Å². The van der Waals surface area contributed by atoms with Crippen molar-refractivity contribution < 1.29 is 9.53 Å². The van der Waals surface area contributed by atoms with Gasteiger partial charge in [0.25, 0.3) is 0 Å². The van der Waals surface area contributed by atoms with Crippen LogP contribution in [0.3, 0.4) is 0 Å². The molecule has 1 aromatic heterocycles. The van der Waals surface area contributed by atoms with Gasteiger partial charge in [0.2, 0.25) is 5.91 Å². The lowest BCUT2D eigenvalue weighted by Crippen LogP contribution is -2.32. The third-order valence-corrected chi connectivity index (χ3v) is 3.46. The van der Waals surface area contributed by atoms with Gasteiger partial charge in [-0.1, -0.05) is 11.6 Å². The maximum Gasteiger partial charge on any atom is 0.244 e. The standard InChI is InChI=1S/C15H19ClN4O2/c1-11-8-13(16)4-5-14(11)22-7-3-6-18-15(21)12(2)20-10-17-9-19-20/h4-5,8-10,12H,3,6-7H2,1-2H3,(H,18,21). The number of nitrogens with one attached hydrogen (secondary N) is 1. The van der Waals surface area contributed by atoms with Crippen molar-refractivity contribution in [3.63, 3.8) is 0 Å². The van der Waals surface area contributed by atoms with Crippen molar-refractivity contribution in [3.8, 4) is 5.75 Å². The Balaban J connectivity index is 1.68. The average molecular weight is 323 g/mol. The Morgan fingerprint density at radius 3 is 3.00 bits per heavy atom. The monoisotopic (exact) mass is 322 g/mol. The van der Waals surface area contributed by atoms with Crippen LogP contribution < -0.4 is 10.1 Å². The van der Waals surface area contributed by atoms with Gasteiger partial charge in [-0.3, -0.25) is 4.79 Å². The van der Waals surface area contributed by atoms with E-state index in [0.717, 1.165) is 17.7 Å². The molecule has 0 fully saturated rings. The largest absolute Gasteiger partial charge is 0.493 e. The van der Waals surface area contributed by atoms with Crippen molar-refractivity contribution in [1.82, 2.24) is 20.1 Å². The number of carbonyl (C=O) groups is 1. The van der Waals surface area contributed by atoms with Gasteiger partial charge >= 0.3 is 0 Å². The average Bonchev–Trinajstić information content (AvgIpc) is 3.02. The number of ether oxygens (including phenoxy) is 1. The molecule has 1 amide bonds. The highest BCUT2D eigenvalue weighted by Crippen LogP contribution is 2.21. The minimum absolute atomic E-state index is 0.0897. The van der Waals surface area contributed by atoms with E-state index in [9.17, 15) is 4.79 Å². The first kappa shape index (κ1) is 16.3. The van der Waals surface area contributed by atoms with Gasteiger partial charge in [0.1, 0.15) is 24.4 Å². The van der Waals surface area contributed by atoms with Gasteiger partial charge in [0.05, 0.1) is 6.61 Å². The maximum atomic E-state index is 11.9. The van der Waals surface area contributed by atoms with Crippen LogP contribution in [0.25, 0.3) is 0 Å². The van der Waals surface area contributed by atoms with E-state index < -0.39 is 0 Å². The summed E-state index contributed by atoms with van der Waals surface area (Å²) in [5.74, 6) is 0.722. The molecule has 6 nitrogen and oxygen atoms in total. The zero-order valence-electron chi connectivity index (χ0n) is 12.6. The Labute approximate surface area is 134 Å². The smallest absolute Gasteiger partial charge is 0.244 e. The van der Waals surface area contributed by atoms with E-state index in [1.54, 1.807) is 13.0 Å². The fourth-order valence-electron chi connectivity index (χ4n) is 1.93. The summed E-state index contributed by atoms with van der Waals surface area (Å²) >= 11 is 5.89. The molecule has 2 aromatic rings. The number of hydrogen-bond acceptors (Lipinski definition) is 4. The van der Waals surface area contributed by atoms with Crippen LogP contribution >= 0.6 is 11.6 Å². The van der Waals surface area contributed by atoms with Gasteiger partial charge in [0, 0.05) is 11.6 Å². The Hall–Kier alpha value is -2.08. The summed E-state index contributed by atoms with van der Waals surface area (Å²) in [6.45, 7) is 4.80. The predicted octanol–water partition coefficient (Wildman–Crippen LogP) is 2.39. The minimum atomic E-state index is -0.373. The third-order valence-electron chi connectivity index (χ3n) is 3.23. The van der Waals surface area contributed by atoms with Crippen LogP contribution in [0.2, 0.25) is 5.02 Å². The second-order valence-electron chi connectivity index (χ2n) is 4.95. The highest BCUT2D eigenvalue weighted by Gasteiger charge is 2.14. The SMILES string of the molecule is Cc1cc(Cl)ccc1OCCCNC(=O)C(C)n1cncn1. The Bertz CT molecular complexity index is 616. The number of aryl methyl sites for hydroxylation is 1. The molecule has 1 aromatic carbocycles. The Morgan fingerprint density at radius 1 is 1.50 bits per heavy atom. The van der Waals surface area contributed by atoms with Crippen LogP contribution in [0.5, 0.6) is 5.75 Å². The Morgan fingerprint density at radius 2 is 2.32 bits per heavy atom. The first-order valence-electron chi connectivity index (χ1n) is 7.08. The highest BCUT2D eigenvalue weighted by atomic mass is 35.5. The van der Waals surface area contributed by atoms with Crippen molar-refractivity contribution in [1.29, 1.82) is 0 Å². The normalized spacial score (nSPS) is 12.0. The van der Waals surface area contributed by atoms with E-state index >= 15 is 0 Å². The molecule has 0 aliphatic rings. The van der Waals surface area contributed by atoms with Crippen molar-refractivity contribution in [3.05, 3.63) is 41.4 Å². The number of benzene rings is 1. The van der Waals surface area contributed by atoms with Gasteiger partial charge in [-0.15, -0.1) is 0 Å². The molecule has 7 heteroatoms. The molecule has 1 unspecified atom stereocenters. The molecule has 0 aliphatic carbocycles. The summed E-state index contributed by atoms with van der Waals surface area (Å²) in [6.07, 6.45) is 3.65. The summed E-state index contributed by atoms with van der Waals surface area (Å²) in [5.41, 5.74) is 0.997. The van der Waals surface area contributed by atoms with Crippen LogP contribution in [0.4, 0.5) is 0 Å². The van der Waals surface area contributed by atoms with E-state index in [-0.39, 0.29) is 11.9 Å². The fourth-order valence-corrected chi connectivity index (χ4v) is 2.15. The van der Waals surface area contributed by atoms with Gasteiger partial charge in [-0.05, 0) is 44.0 Å². The zero-order chi connectivity index (χ0) is 15.9. The first-order valence-corrected chi connectivity index (χ1v) is 7.46. The zero-order valence-corrected chi connectivity index (χ0v) is 13.4. The third kappa shape index (κ3) is 4.46. The number of carbonyl (C=O) groups excluding carboxylic acids is 1. The van der Waals surface area contributed by atoms with Gasteiger partial charge in [-0.2, -0.15) is 5.10 Å². The van der Waals surface area contributed by atoms with E-state index in [4.69, 9.17) is 16.3 Å². The van der Waals surface area contributed by atoms with Crippen molar-refractivity contribution >= 4 is 17.5 Å². The summed E-state index contributed by atoms with van der Waals surface area (Å²) in [4.78, 5) is 15.7. The van der Waals surface area contributed by atoms with Crippen molar-refractivity contribution in [2.45, 2.75) is 26.3 Å². The number of aromatic nitrogens is 3. The lowest BCUT2D eigenvalue weighted by atomic mass is 10.2. The predicted molar refractivity (Wildman–Crippen MR) is 84.0 cm³/mol. The van der Waals surface area contributed by atoms with E-state index in [1.165, 1.54) is 17.3 Å². The Kier molecular flexibility index (Phi) is 5.77. The van der Waals surface area contributed by atoms with Gasteiger partial charge < -0.3 is 10.1 Å². The van der Waals surface area contributed by atoms with E-state index in [0.29, 0.717) is 18.2 Å². The molecule has 2 rings (SSSR count). The molecular formula is C15H19ClN4O2. The number of halogens is 1. The minimum Gasteiger partial charge on any atom is -0.493 e. The molecular weight excluding hydrogens is 304 g/mol. The molecule has 1 atom stereocenters. The lowest BCUT2D eigenvalue weighted by molar-refractivity contribution is -0.124. The van der Waals surface area contributed by atoms with Crippen molar-refractivity contribution in [2.75, 3.05) is 13.2 Å². The highest BCUT2D eigenvalue weighted by molar-refractivity contribution is 6.30. The molecule has 118 valence electrons. The summed E-state index contributed by atoms with van der Waals surface area (Å²) in [5, 5.41) is 7.49. The number of amides is 1. The van der Waals surface area contributed by atoms with E-state index in [1.807, 2.05) is 19.1 Å². The summed E-state index contributed by atoms with van der Waals surface area (Å²) in [7, 11) is 0. The number of hydrogen-bond donors (Lipinski definition) is 1. The molecule has 0 radical (unpaired) electrons. The van der Waals surface area contributed by atoms with Gasteiger partial charge in [0.15, 0.2) is 0 Å². The quantitative estimate of drug-likeness (QED) is 0.795. The van der Waals surface area contributed by atoms with Crippen LogP contribution in [0, 0.1) is 6.92 Å².